The lowest BCUT2D eigenvalue weighted by molar-refractivity contribution is -0.132. The standard InChI is InChI=1S/C32H45N3O6/c1-5-6-13-18-35(32(38)34-25(30(33)36)19-22-14-9-7-10-15-22)31(37)28(23-16-11-8-12-17-23)24-20-26(39-2)29(41-4)27(21-24)40-3/h7,9-10,14-15,20-21,23,25,28H,5-6,8,11-13,16-19H2,1-4H3,(H2,33,36)(H,34,38)/t25-,28?/m0/s1. The van der Waals surface area contributed by atoms with Gasteiger partial charge in [-0.3, -0.25) is 14.5 Å². The Morgan fingerprint density at radius 1 is 0.951 bits per heavy atom. The van der Waals surface area contributed by atoms with Crippen molar-refractivity contribution < 1.29 is 28.6 Å². The van der Waals surface area contributed by atoms with E-state index in [1.54, 1.807) is 14.2 Å². The molecule has 0 aromatic heterocycles. The highest BCUT2D eigenvalue weighted by Crippen LogP contribution is 2.44. The lowest BCUT2D eigenvalue weighted by atomic mass is 9.76. The lowest BCUT2D eigenvalue weighted by Gasteiger charge is -2.34. The maximum absolute atomic E-state index is 14.5. The molecule has 2 aromatic rings. The SMILES string of the molecule is CCCCCN(C(=O)N[C@@H](Cc1ccccc1)C(N)=O)C(=O)C(c1cc(OC)c(OC)c(OC)c1)C1CCCCC1. The van der Waals surface area contributed by atoms with Crippen LogP contribution in [0.1, 0.15) is 75.3 Å². The third-order valence-electron chi connectivity index (χ3n) is 7.85. The van der Waals surface area contributed by atoms with E-state index in [0.717, 1.165) is 50.5 Å². The number of hydrogen-bond acceptors (Lipinski definition) is 6. The molecule has 2 atom stereocenters. The first-order valence-electron chi connectivity index (χ1n) is 14.6. The van der Waals surface area contributed by atoms with Gasteiger partial charge in [0.2, 0.25) is 17.6 Å². The van der Waals surface area contributed by atoms with Crippen LogP contribution in [0.3, 0.4) is 0 Å². The molecule has 1 fully saturated rings. The number of unbranched alkanes of at least 4 members (excludes halogenated alkanes) is 2. The van der Waals surface area contributed by atoms with Crippen molar-refractivity contribution >= 4 is 17.8 Å². The third-order valence-corrected chi connectivity index (χ3v) is 7.85. The number of nitrogens with zero attached hydrogens (tertiary/aromatic N) is 1. The second kappa shape index (κ2) is 15.9. The summed E-state index contributed by atoms with van der Waals surface area (Å²) < 4.78 is 16.7. The number of primary amides is 1. The summed E-state index contributed by atoms with van der Waals surface area (Å²) in [6, 6.07) is 11.4. The van der Waals surface area contributed by atoms with Gasteiger partial charge in [-0.1, -0.05) is 69.4 Å². The Bertz CT molecular complexity index is 1120. The first kappa shape index (κ1) is 31.8. The lowest BCUT2D eigenvalue weighted by Crippen LogP contribution is -2.54. The summed E-state index contributed by atoms with van der Waals surface area (Å²) >= 11 is 0. The highest BCUT2D eigenvalue weighted by atomic mass is 16.5. The van der Waals surface area contributed by atoms with Crippen LogP contribution < -0.4 is 25.3 Å². The maximum Gasteiger partial charge on any atom is 0.324 e. The first-order valence-corrected chi connectivity index (χ1v) is 14.6. The Morgan fingerprint density at radius 2 is 1.59 bits per heavy atom. The molecule has 1 aliphatic carbocycles. The van der Waals surface area contributed by atoms with Crippen LogP contribution in [0, 0.1) is 5.92 Å². The molecule has 9 heteroatoms. The van der Waals surface area contributed by atoms with Gasteiger partial charge < -0.3 is 25.3 Å². The summed E-state index contributed by atoms with van der Waals surface area (Å²) in [6.45, 7) is 2.30. The number of imide groups is 1. The topological polar surface area (TPSA) is 120 Å². The monoisotopic (exact) mass is 567 g/mol. The van der Waals surface area contributed by atoms with Crippen LogP contribution in [0.15, 0.2) is 42.5 Å². The quantitative estimate of drug-likeness (QED) is 0.303. The summed E-state index contributed by atoms with van der Waals surface area (Å²) in [5.41, 5.74) is 7.26. The fourth-order valence-electron chi connectivity index (χ4n) is 5.66. The molecule has 0 radical (unpaired) electrons. The highest BCUT2D eigenvalue weighted by molar-refractivity contribution is 5.99. The van der Waals surface area contributed by atoms with E-state index >= 15 is 0 Å². The molecular weight excluding hydrogens is 522 g/mol. The van der Waals surface area contributed by atoms with Crippen LogP contribution in [0.4, 0.5) is 4.79 Å². The maximum atomic E-state index is 14.5. The summed E-state index contributed by atoms with van der Waals surface area (Å²) in [7, 11) is 4.62. The highest BCUT2D eigenvalue weighted by Gasteiger charge is 2.38. The summed E-state index contributed by atoms with van der Waals surface area (Å²) in [5, 5.41) is 2.77. The summed E-state index contributed by atoms with van der Waals surface area (Å²) in [6.07, 6.45) is 7.57. The molecule has 3 rings (SSSR count). The average molecular weight is 568 g/mol. The molecule has 0 spiro atoms. The average Bonchev–Trinajstić information content (AvgIpc) is 2.99. The molecule has 1 aliphatic rings. The number of methoxy groups -OCH3 is 3. The first-order chi connectivity index (χ1) is 19.8. The zero-order valence-electron chi connectivity index (χ0n) is 24.8. The van der Waals surface area contributed by atoms with Gasteiger partial charge in [0.05, 0.1) is 27.2 Å². The molecule has 0 heterocycles. The molecule has 1 saturated carbocycles. The van der Waals surface area contributed by atoms with E-state index in [9.17, 15) is 14.4 Å². The van der Waals surface area contributed by atoms with Crippen LogP contribution in [0.25, 0.3) is 0 Å². The van der Waals surface area contributed by atoms with Crippen molar-refractivity contribution in [2.24, 2.45) is 11.7 Å². The van der Waals surface area contributed by atoms with Crippen molar-refractivity contribution in [3.63, 3.8) is 0 Å². The number of amides is 4. The number of nitrogens with one attached hydrogen (secondary N) is 1. The molecule has 41 heavy (non-hydrogen) atoms. The number of urea groups is 1. The second-order valence-corrected chi connectivity index (χ2v) is 10.6. The van der Waals surface area contributed by atoms with Gasteiger partial charge in [0.15, 0.2) is 11.5 Å². The number of ether oxygens (including phenoxy) is 3. The van der Waals surface area contributed by atoms with Gasteiger partial charge in [-0.25, -0.2) is 4.79 Å². The molecular formula is C32H45N3O6. The van der Waals surface area contributed by atoms with E-state index in [4.69, 9.17) is 19.9 Å². The summed E-state index contributed by atoms with van der Waals surface area (Å²) in [4.78, 5) is 41.9. The molecule has 1 unspecified atom stereocenters. The zero-order chi connectivity index (χ0) is 29.8. The minimum Gasteiger partial charge on any atom is -0.493 e. The molecule has 2 aromatic carbocycles. The number of hydrogen-bond donors (Lipinski definition) is 2. The fraction of sp³-hybridized carbons (Fsp3) is 0.531. The van der Waals surface area contributed by atoms with E-state index in [2.05, 4.69) is 12.2 Å². The number of carbonyl (C=O) groups is 3. The fourth-order valence-corrected chi connectivity index (χ4v) is 5.66. The molecule has 0 bridgehead atoms. The van der Waals surface area contributed by atoms with Crippen LogP contribution in [-0.2, 0) is 16.0 Å². The van der Waals surface area contributed by atoms with Gasteiger partial charge in [0.1, 0.15) is 6.04 Å². The minimum atomic E-state index is -0.958. The van der Waals surface area contributed by atoms with E-state index in [1.165, 1.54) is 12.0 Å². The van der Waals surface area contributed by atoms with Crippen molar-refractivity contribution in [1.29, 1.82) is 0 Å². The molecule has 0 saturated heterocycles. The number of nitrogens with two attached hydrogens (primary N) is 1. The largest absolute Gasteiger partial charge is 0.493 e. The zero-order valence-corrected chi connectivity index (χ0v) is 24.8. The van der Waals surface area contributed by atoms with Crippen LogP contribution in [0.2, 0.25) is 0 Å². The minimum absolute atomic E-state index is 0.0387. The van der Waals surface area contributed by atoms with Gasteiger partial charge in [0, 0.05) is 13.0 Å². The van der Waals surface area contributed by atoms with E-state index in [0.29, 0.717) is 29.2 Å². The second-order valence-electron chi connectivity index (χ2n) is 10.6. The van der Waals surface area contributed by atoms with E-state index < -0.39 is 23.9 Å². The van der Waals surface area contributed by atoms with E-state index in [1.807, 2.05) is 42.5 Å². The number of benzene rings is 2. The van der Waals surface area contributed by atoms with Crippen LogP contribution in [0.5, 0.6) is 17.2 Å². The van der Waals surface area contributed by atoms with Crippen molar-refractivity contribution in [2.45, 2.75) is 76.7 Å². The molecule has 224 valence electrons. The predicted molar refractivity (Wildman–Crippen MR) is 158 cm³/mol. The Morgan fingerprint density at radius 3 is 2.12 bits per heavy atom. The van der Waals surface area contributed by atoms with Gasteiger partial charge >= 0.3 is 6.03 Å². The van der Waals surface area contributed by atoms with Crippen molar-refractivity contribution in [2.75, 3.05) is 27.9 Å². The Labute approximate surface area is 243 Å². The Hall–Kier alpha value is -3.75. The van der Waals surface area contributed by atoms with Crippen molar-refractivity contribution in [3.05, 3.63) is 53.6 Å². The van der Waals surface area contributed by atoms with Crippen molar-refractivity contribution in [1.82, 2.24) is 10.2 Å². The van der Waals surface area contributed by atoms with Crippen molar-refractivity contribution in [3.8, 4) is 17.2 Å². The van der Waals surface area contributed by atoms with Crippen LogP contribution >= 0.6 is 0 Å². The normalized spacial score (nSPS) is 14.9. The Kier molecular flexibility index (Phi) is 12.3. The van der Waals surface area contributed by atoms with E-state index in [-0.39, 0.29) is 24.8 Å². The van der Waals surface area contributed by atoms with Crippen LogP contribution in [-0.4, -0.2) is 56.7 Å². The van der Waals surface area contributed by atoms with Gasteiger partial charge in [0.25, 0.3) is 0 Å². The number of rotatable bonds is 14. The molecule has 9 nitrogen and oxygen atoms in total. The molecule has 4 amide bonds. The predicted octanol–water partition coefficient (Wildman–Crippen LogP) is 5.20. The van der Waals surface area contributed by atoms with Gasteiger partial charge in [-0.2, -0.15) is 0 Å². The summed E-state index contributed by atoms with van der Waals surface area (Å²) in [5.74, 6) is -0.173. The molecule has 0 aliphatic heterocycles. The third kappa shape index (κ3) is 8.38. The number of carbonyl (C=O) groups excluding carboxylic acids is 3. The van der Waals surface area contributed by atoms with Gasteiger partial charge in [-0.05, 0) is 48.4 Å². The Balaban J connectivity index is 2.00. The molecule has 3 N–H and O–H groups in total. The van der Waals surface area contributed by atoms with Gasteiger partial charge in [-0.15, -0.1) is 0 Å². The smallest absolute Gasteiger partial charge is 0.324 e.